The van der Waals surface area contributed by atoms with Crippen molar-refractivity contribution in [2.45, 2.75) is 33.0 Å². The van der Waals surface area contributed by atoms with Crippen LogP contribution in [0.2, 0.25) is 0 Å². The van der Waals surface area contributed by atoms with E-state index in [0.29, 0.717) is 0 Å². The number of nitrogens with one attached hydrogen (secondary N) is 1. The van der Waals surface area contributed by atoms with Crippen molar-refractivity contribution in [1.29, 1.82) is 0 Å². The molecule has 0 saturated carbocycles. The van der Waals surface area contributed by atoms with Crippen LogP contribution >= 0.6 is 0 Å². The van der Waals surface area contributed by atoms with Crippen molar-refractivity contribution in [3.8, 4) is 0 Å². The van der Waals surface area contributed by atoms with Gasteiger partial charge in [0, 0.05) is 32.6 Å². The SMILES string of the molecule is CCc1nc(CNC)c2n1CCN(C)C2. The van der Waals surface area contributed by atoms with E-state index in [4.69, 9.17) is 4.98 Å². The fraction of sp³-hybridized carbons (Fsp3) is 0.727. The normalized spacial score (nSPS) is 16.7. The zero-order chi connectivity index (χ0) is 10.8. The topological polar surface area (TPSA) is 33.1 Å². The molecule has 4 nitrogen and oxygen atoms in total. The van der Waals surface area contributed by atoms with E-state index in [2.05, 4.69) is 28.8 Å². The first-order valence-electron chi connectivity index (χ1n) is 5.66. The van der Waals surface area contributed by atoms with Crippen molar-refractivity contribution in [1.82, 2.24) is 19.8 Å². The van der Waals surface area contributed by atoms with Crippen LogP contribution in [0.4, 0.5) is 0 Å². The summed E-state index contributed by atoms with van der Waals surface area (Å²) in [5.74, 6) is 1.24. The Balaban J connectivity index is 2.36. The number of likely N-dealkylation sites (N-methyl/N-ethyl adjacent to an activating group) is 1. The van der Waals surface area contributed by atoms with Crippen molar-refractivity contribution < 1.29 is 0 Å². The summed E-state index contributed by atoms with van der Waals surface area (Å²) in [6, 6.07) is 0. The monoisotopic (exact) mass is 208 g/mol. The largest absolute Gasteiger partial charge is 0.329 e. The number of aromatic nitrogens is 2. The third-order valence-corrected chi connectivity index (χ3v) is 3.02. The van der Waals surface area contributed by atoms with Gasteiger partial charge in [0.2, 0.25) is 0 Å². The summed E-state index contributed by atoms with van der Waals surface area (Å²) in [4.78, 5) is 7.07. The lowest BCUT2D eigenvalue weighted by Gasteiger charge is -2.25. The molecule has 0 radical (unpaired) electrons. The molecule has 0 spiro atoms. The molecule has 0 unspecified atom stereocenters. The maximum absolute atomic E-state index is 4.71. The summed E-state index contributed by atoms with van der Waals surface area (Å²) < 4.78 is 2.40. The standard InChI is InChI=1S/C11H20N4/c1-4-11-13-9(7-12-2)10-8-14(3)5-6-15(10)11/h12H,4-8H2,1-3H3. The second-order valence-corrected chi connectivity index (χ2v) is 4.19. The molecule has 1 aromatic heterocycles. The average molecular weight is 208 g/mol. The van der Waals surface area contributed by atoms with Crippen LogP contribution in [0, 0.1) is 0 Å². The molecule has 0 saturated heterocycles. The summed E-state index contributed by atoms with van der Waals surface area (Å²) in [7, 11) is 4.15. The number of imidazole rings is 1. The highest BCUT2D eigenvalue weighted by Gasteiger charge is 2.20. The van der Waals surface area contributed by atoms with Gasteiger partial charge in [-0.1, -0.05) is 6.92 Å². The molecule has 1 N–H and O–H groups in total. The van der Waals surface area contributed by atoms with E-state index in [1.54, 1.807) is 0 Å². The molecule has 0 aliphatic carbocycles. The molecule has 0 aromatic carbocycles. The molecule has 0 atom stereocenters. The van der Waals surface area contributed by atoms with Crippen molar-refractivity contribution >= 4 is 0 Å². The van der Waals surface area contributed by atoms with Crippen LogP contribution in [-0.4, -0.2) is 35.1 Å². The van der Waals surface area contributed by atoms with Gasteiger partial charge in [-0.2, -0.15) is 0 Å². The predicted molar refractivity (Wildman–Crippen MR) is 60.7 cm³/mol. The lowest BCUT2D eigenvalue weighted by atomic mass is 10.2. The Bertz CT molecular complexity index is 343. The van der Waals surface area contributed by atoms with Gasteiger partial charge in [0.15, 0.2) is 0 Å². The van der Waals surface area contributed by atoms with Gasteiger partial charge in [-0.3, -0.25) is 4.90 Å². The van der Waals surface area contributed by atoms with Gasteiger partial charge >= 0.3 is 0 Å². The molecule has 1 aromatic rings. The molecule has 2 heterocycles. The Hall–Kier alpha value is -0.870. The number of rotatable bonds is 3. The summed E-state index contributed by atoms with van der Waals surface area (Å²) in [5.41, 5.74) is 2.62. The van der Waals surface area contributed by atoms with E-state index in [1.165, 1.54) is 17.2 Å². The highest BCUT2D eigenvalue weighted by atomic mass is 15.2. The molecule has 0 bridgehead atoms. The highest BCUT2D eigenvalue weighted by Crippen LogP contribution is 2.18. The fourth-order valence-electron chi connectivity index (χ4n) is 2.22. The third kappa shape index (κ3) is 1.92. The number of fused-ring (bicyclic) bond motifs is 1. The van der Waals surface area contributed by atoms with Gasteiger partial charge in [0.1, 0.15) is 5.82 Å². The smallest absolute Gasteiger partial charge is 0.109 e. The summed E-state index contributed by atoms with van der Waals surface area (Å²) in [6.07, 6.45) is 1.03. The second kappa shape index (κ2) is 4.33. The highest BCUT2D eigenvalue weighted by molar-refractivity contribution is 5.19. The van der Waals surface area contributed by atoms with E-state index < -0.39 is 0 Å². The lowest BCUT2D eigenvalue weighted by Crippen LogP contribution is -2.31. The van der Waals surface area contributed by atoms with Gasteiger partial charge in [-0.15, -0.1) is 0 Å². The van der Waals surface area contributed by atoms with Crippen LogP contribution in [-0.2, 0) is 26.1 Å². The zero-order valence-electron chi connectivity index (χ0n) is 9.88. The van der Waals surface area contributed by atoms with E-state index in [1.807, 2.05) is 7.05 Å². The number of aryl methyl sites for hydroxylation is 1. The maximum atomic E-state index is 4.71. The van der Waals surface area contributed by atoms with Gasteiger partial charge < -0.3 is 9.88 Å². The van der Waals surface area contributed by atoms with Gasteiger partial charge in [-0.05, 0) is 14.1 Å². The minimum atomic E-state index is 0.878. The third-order valence-electron chi connectivity index (χ3n) is 3.02. The zero-order valence-corrected chi connectivity index (χ0v) is 9.88. The maximum Gasteiger partial charge on any atom is 0.109 e. The van der Waals surface area contributed by atoms with Crippen molar-refractivity contribution in [3.05, 3.63) is 17.2 Å². The first kappa shape index (κ1) is 10.6. The molecule has 4 heteroatoms. The molecular formula is C11H20N4. The van der Waals surface area contributed by atoms with E-state index in [0.717, 1.165) is 32.6 Å². The molecular weight excluding hydrogens is 188 g/mol. The molecule has 15 heavy (non-hydrogen) atoms. The summed E-state index contributed by atoms with van der Waals surface area (Å²) in [5, 5.41) is 3.19. The molecule has 1 aliphatic rings. The molecule has 84 valence electrons. The Labute approximate surface area is 91.3 Å². The minimum Gasteiger partial charge on any atom is -0.329 e. The molecule has 0 fully saturated rings. The number of hydrogen-bond donors (Lipinski definition) is 1. The number of nitrogens with zero attached hydrogens (tertiary/aromatic N) is 3. The van der Waals surface area contributed by atoms with Crippen LogP contribution in [0.1, 0.15) is 24.1 Å². The van der Waals surface area contributed by atoms with Crippen LogP contribution in [0.3, 0.4) is 0 Å². The van der Waals surface area contributed by atoms with Crippen molar-refractivity contribution in [2.75, 3.05) is 20.6 Å². The summed E-state index contributed by atoms with van der Waals surface area (Å²) in [6.45, 7) is 6.31. The van der Waals surface area contributed by atoms with Crippen LogP contribution in [0.15, 0.2) is 0 Å². The first-order valence-corrected chi connectivity index (χ1v) is 5.66. The quantitative estimate of drug-likeness (QED) is 0.790. The van der Waals surface area contributed by atoms with Crippen LogP contribution in [0.5, 0.6) is 0 Å². The van der Waals surface area contributed by atoms with Crippen LogP contribution in [0.25, 0.3) is 0 Å². The van der Waals surface area contributed by atoms with Gasteiger partial charge in [0.25, 0.3) is 0 Å². The van der Waals surface area contributed by atoms with E-state index in [9.17, 15) is 0 Å². The molecule has 0 amide bonds. The van der Waals surface area contributed by atoms with Crippen molar-refractivity contribution in [3.63, 3.8) is 0 Å². The molecule has 2 rings (SSSR count). The van der Waals surface area contributed by atoms with Gasteiger partial charge in [0.05, 0.1) is 11.4 Å². The van der Waals surface area contributed by atoms with Crippen LogP contribution < -0.4 is 5.32 Å². The lowest BCUT2D eigenvalue weighted by molar-refractivity contribution is 0.266. The van der Waals surface area contributed by atoms with Crippen molar-refractivity contribution in [2.24, 2.45) is 0 Å². The fourth-order valence-corrected chi connectivity index (χ4v) is 2.22. The first-order chi connectivity index (χ1) is 7.26. The Morgan fingerprint density at radius 1 is 1.40 bits per heavy atom. The van der Waals surface area contributed by atoms with E-state index in [-0.39, 0.29) is 0 Å². The summed E-state index contributed by atoms with van der Waals surface area (Å²) >= 11 is 0. The Kier molecular flexibility index (Phi) is 3.07. The second-order valence-electron chi connectivity index (χ2n) is 4.19. The van der Waals surface area contributed by atoms with E-state index >= 15 is 0 Å². The predicted octanol–water partition coefficient (Wildman–Crippen LogP) is 0.610. The Morgan fingerprint density at radius 2 is 2.20 bits per heavy atom. The Morgan fingerprint density at radius 3 is 2.87 bits per heavy atom. The van der Waals surface area contributed by atoms with Gasteiger partial charge in [-0.25, -0.2) is 4.98 Å². The number of hydrogen-bond acceptors (Lipinski definition) is 3. The minimum absolute atomic E-state index is 0.878. The average Bonchev–Trinajstić information content (AvgIpc) is 2.57. The molecule has 1 aliphatic heterocycles.